The summed E-state index contributed by atoms with van der Waals surface area (Å²) >= 11 is 6.05. The Morgan fingerprint density at radius 2 is 2.04 bits per heavy atom. The first-order valence-corrected chi connectivity index (χ1v) is 7.02. The van der Waals surface area contributed by atoms with Crippen molar-refractivity contribution in [3.05, 3.63) is 41.3 Å². The summed E-state index contributed by atoms with van der Waals surface area (Å²) in [6.07, 6.45) is 3.20. The molecule has 3 rings (SSSR count). The Kier molecular flexibility index (Phi) is 4.03. The second-order valence-corrected chi connectivity index (χ2v) is 5.04. The largest absolute Gasteiger partial charge is 0.495 e. The van der Waals surface area contributed by atoms with E-state index >= 15 is 0 Å². The van der Waals surface area contributed by atoms with Crippen molar-refractivity contribution in [3.8, 4) is 11.5 Å². The summed E-state index contributed by atoms with van der Waals surface area (Å²) in [6, 6.07) is 4.90. The van der Waals surface area contributed by atoms with Gasteiger partial charge < -0.3 is 14.8 Å². The van der Waals surface area contributed by atoms with E-state index in [2.05, 4.69) is 20.5 Å². The highest BCUT2D eigenvalue weighted by atomic mass is 35.5. The van der Waals surface area contributed by atoms with Crippen LogP contribution in [0.4, 0.5) is 5.69 Å². The number of pyridine rings is 1. The normalized spacial score (nSPS) is 10.6. The Labute approximate surface area is 136 Å². The van der Waals surface area contributed by atoms with Gasteiger partial charge in [0.15, 0.2) is 5.69 Å². The van der Waals surface area contributed by atoms with Crippen molar-refractivity contribution in [2.75, 3.05) is 19.5 Å². The first-order chi connectivity index (χ1) is 11.1. The van der Waals surface area contributed by atoms with Gasteiger partial charge in [0, 0.05) is 24.5 Å². The lowest BCUT2D eigenvalue weighted by Crippen LogP contribution is -2.13. The van der Waals surface area contributed by atoms with E-state index in [0.29, 0.717) is 27.6 Å². The molecule has 0 fully saturated rings. The number of carbonyl (C=O) groups is 1. The molecule has 3 aromatic rings. The van der Waals surface area contributed by atoms with Crippen molar-refractivity contribution >= 4 is 34.1 Å². The maximum Gasteiger partial charge on any atom is 0.276 e. The van der Waals surface area contributed by atoms with Crippen LogP contribution in [0, 0.1) is 0 Å². The number of ether oxygens (including phenoxy) is 2. The fourth-order valence-corrected chi connectivity index (χ4v) is 2.40. The predicted molar refractivity (Wildman–Crippen MR) is 86.4 cm³/mol. The van der Waals surface area contributed by atoms with Gasteiger partial charge in [-0.1, -0.05) is 11.6 Å². The van der Waals surface area contributed by atoms with Crippen molar-refractivity contribution in [1.82, 2.24) is 15.2 Å². The SMILES string of the molecule is COc1cc(NC(=O)c2n[nH]c3ccncc23)c(OC)cc1Cl. The molecule has 0 bridgehead atoms. The molecule has 0 atom stereocenters. The molecule has 0 radical (unpaired) electrons. The molecule has 0 saturated heterocycles. The fraction of sp³-hybridized carbons (Fsp3) is 0.133. The number of carbonyl (C=O) groups excluding carboxylic acids is 1. The second-order valence-electron chi connectivity index (χ2n) is 4.63. The molecule has 0 saturated carbocycles. The number of halogens is 1. The van der Waals surface area contributed by atoms with Crippen molar-refractivity contribution in [3.63, 3.8) is 0 Å². The molecule has 1 amide bonds. The van der Waals surface area contributed by atoms with Gasteiger partial charge in [0.25, 0.3) is 5.91 Å². The zero-order valence-corrected chi connectivity index (χ0v) is 13.1. The zero-order chi connectivity index (χ0) is 16.4. The highest BCUT2D eigenvalue weighted by molar-refractivity contribution is 6.32. The van der Waals surface area contributed by atoms with E-state index in [9.17, 15) is 4.79 Å². The van der Waals surface area contributed by atoms with E-state index in [0.717, 1.165) is 5.52 Å². The van der Waals surface area contributed by atoms with Crippen molar-refractivity contribution in [2.24, 2.45) is 0 Å². The lowest BCUT2D eigenvalue weighted by atomic mass is 10.2. The number of aromatic nitrogens is 3. The van der Waals surface area contributed by atoms with Gasteiger partial charge >= 0.3 is 0 Å². The van der Waals surface area contributed by atoms with Crippen LogP contribution in [0.1, 0.15) is 10.5 Å². The molecule has 8 heteroatoms. The smallest absolute Gasteiger partial charge is 0.276 e. The Hall–Kier alpha value is -2.80. The van der Waals surface area contributed by atoms with Crippen LogP contribution >= 0.6 is 11.6 Å². The number of rotatable bonds is 4. The van der Waals surface area contributed by atoms with E-state index < -0.39 is 5.91 Å². The molecule has 1 aromatic carbocycles. The molecule has 2 heterocycles. The Balaban J connectivity index is 1.96. The molecule has 0 aliphatic heterocycles. The molecule has 23 heavy (non-hydrogen) atoms. The minimum absolute atomic E-state index is 0.240. The van der Waals surface area contributed by atoms with Crippen LogP contribution in [0.25, 0.3) is 10.9 Å². The third-order valence-corrected chi connectivity index (χ3v) is 3.60. The van der Waals surface area contributed by atoms with Crippen LogP contribution in [0.2, 0.25) is 5.02 Å². The van der Waals surface area contributed by atoms with E-state index in [1.54, 1.807) is 30.6 Å². The highest BCUT2D eigenvalue weighted by Gasteiger charge is 2.17. The van der Waals surface area contributed by atoms with Crippen LogP contribution in [-0.2, 0) is 0 Å². The topological polar surface area (TPSA) is 89.1 Å². The van der Waals surface area contributed by atoms with E-state index in [1.807, 2.05) is 0 Å². The van der Waals surface area contributed by atoms with Crippen LogP contribution < -0.4 is 14.8 Å². The van der Waals surface area contributed by atoms with Crippen LogP contribution in [0.5, 0.6) is 11.5 Å². The number of methoxy groups -OCH3 is 2. The van der Waals surface area contributed by atoms with Crippen molar-refractivity contribution in [2.45, 2.75) is 0 Å². The molecule has 7 nitrogen and oxygen atoms in total. The number of aromatic amines is 1. The summed E-state index contributed by atoms with van der Waals surface area (Å²) in [5.74, 6) is 0.449. The standard InChI is InChI=1S/C15H13ClN4O3/c1-22-12-6-11(13(23-2)5-9(12)16)18-15(21)14-8-7-17-4-3-10(8)19-20-14/h3-7H,1-2H3,(H,18,21)(H,19,20). The average molecular weight is 333 g/mol. The van der Waals surface area contributed by atoms with Gasteiger partial charge in [-0.15, -0.1) is 0 Å². The number of hydrogen-bond donors (Lipinski definition) is 2. The predicted octanol–water partition coefficient (Wildman–Crippen LogP) is 2.88. The van der Waals surface area contributed by atoms with Crippen LogP contribution in [-0.4, -0.2) is 35.3 Å². The van der Waals surface area contributed by atoms with Gasteiger partial charge in [0.05, 0.1) is 35.8 Å². The third kappa shape index (κ3) is 2.78. The lowest BCUT2D eigenvalue weighted by molar-refractivity contribution is 0.102. The summed E-state index contributed by atoms with van der Waals surface area (Å²) in [5, 5.41) is 10.6. The Bertz CT molecular complexity index is 878. The first kappa shape index (κ1) is 15.1. The minimum atomic E-state index is -0.396. The number of nitrogens with zero attached hydrogens (tertiary/aromatic N) is 2. The molecule has 2 aromatic heterocycles. The van der Waals surface area contributed by atoms with Gasteiger partial charge in [-0.2, -0.15) is 5.10 Å². The number of fused-ring (bicyclic) bond motifs is 1. The third-order valence-electron chi connectivity index (χ3n) is 3.30. The van der Waals surface area contributed by atoms with Gasteiger partial charge in [-0.25, -0.2) is 0 Å². The average Bonchev–Trinajstić information content (AvgIpc) is 3.00. The minimum Gasteiger partial charge on any atom is -0.495 e. The summed E-state index contributed by atoms with van der Waals surface area (Å²) in [7, 11) is 2.98. The monoisotopic (exact) mass is 332 g/mol. The maximum atomic E-state index is 12.5. The Morgan fingerprint density at radius 3 is 2.78 bits per heavy atom. The number of nitrogens with one attached hydrogen (secondary N) is 2. The highest BCUT2D eigenvalue weighted by Crippen LogP contribution is 2.36. The summed E-state index contributed by atoms with van der Waals surface area (Å²) in [6.45, 7) is 0. The quantitative estimate of drug-likeness (QED) is 0.766. The molecule has 0 spiro atoms. The van der Waals surface area contributed by atoms with E-state index in [4.69, 9.17) is 21.1 Å². The van der Waals surface area contributed by atoms with Crippen molar-refractivity contribution < 1.29 is 14.3 Å². The van der Waals surface area contributed by atoms with E-state index in [-0.39, 0.29) is 5.69 Å². The lowest BCUT2D eigenvalue weighted by Gasteiger charge is -2.12. The summed E-state index contributed by atoms with van der Waals surface area (Å²) in [5.41, 5.74) is 1.40. The summed E-state index contributed by atoms with van der Waals surface area (Å²) < 4.78 is 10.4. The molecule has 0 unspecified atom stereocenters. The summed E-state index contributed by atoms with van der Waals surface area (Å²) in [4.78, 5) is 16.5. The maximum absolute atomic E-state index is 12.5. The number of benzene rings is 1. The number of amides is 1. The van der Waals surface area contributed by atoms with Crippen LogP contribution in [0.3, 0.4) is 0 Å². The van der Waals surface area contributed by atoms with Gasteiger partial charge in [-0.05, 0) is 6.07 Å². The van der Waals surface area contributed by atoms with Crippen molar-refractivity contribution in [1.29, 1.82) is 0 Å². The molecule has 0 aliphatic carbocycles. The van der Waals surface area contributed by atoms with Gasteiger partial charge in [0.1, 0.15) is 11.5 Å². The van der Waals surface area contributed by atoms with Crippen LogP contribution in [0.15, 0.2) is 30.6 Å². The Morgan fingerprint density at radius 1 is 1.26 bits per heavy atom. The molecular formula is C15H13ClN4O3. The second kappa shape index (κ2) is 6.13. The molecule has 118 valence electrons. The number of anilines is 1. The molecule has 2 N–H and O–H groups in total. The van der Waals surface area contributed by atoms with E-state index in [1.165, 1.54) is 14.2 Å². The van der Waals surface area contributed by atoms with Gasteiger partial charge in [-0.3, -0.25) is 14.9 Å². The zero-order valence-electron chi connectivity index (χ0n) is 12.4. The number of H-pyrrole nitrogens is 1. The molecular weight excluding hydrogens is 320 g/mol. The van der Waals surface area contributed by atoms with Gasteiger partial charge in [0.2, 0.25) is 0 Å². The first-order valence-electron chi connectivity index (χ1n) is 6.65. The fourth-order valence-electron chi connectivity index (χ4n) is 2.17. The number of hydrogen-bond acceptors (Lipinski definition) is 5. The molecule has 0 aliphatic rings.